The zero-order valence-corrected chi connectivity index (χ0v) is 20.3. The van der Waals surface area contributed by atoms with E-state index in [4.69, 9.17) is 9.15 Å². The summed E-state index contributed by atoms with van der Waals surface area (Å²) in [5, 5.41) is 0. The SMILES string of the molecule is Cc1ccc(CN(Cc2ccccc2)C(=O)CN(CCN2CCOCC2)C(=O)C2CCCC2)o1. The molecule has 2 heterocycles. The van der Waals surface area contributed by atoms with Gasteiger partial charge in [0.1, 0.15) is 11.5 Å². The van der Waals surface area contributed by atoms with Crippen molar-refractivity contribution < 1.29 is 18.7 Å². The maximum atomic E-state index is 13.6. The average molecular weight is 468 g/mol. The van der Waals surface area contributed by atoms with Crippen LogP contribution < -0.4 is 0 Å². The van der Waals surface area contributed by atoms with E-state index < -0.39 is 0 Å². The van der Waals surface area contributed by atoms with Crippen LogP contribution in [0.25, 0.3) is 0 Å². The molecule has 0 unspecified atom stereocenters. The molecule has 184 valence electrons. The van der Waals surface area contributed by atoms with E-state index >= 15 is 0 Å². The van der Waals surface area contributed by atoms with Crippen molar-refractivity contribution in [2.75, 3.05) is 45.9 Å². The van der Waals surface area contributed by atoms with Gasteiger partial charge in [0.25, 0.3) is 0 Å². The molecule has 1 aromatic carbocycles. The first-order valence-corrected chi connectivity index (χ1v) is 12.5. The third-order valence-corrected chi connectivity index (χ3v) is 6.84. The number of carbonyl (C=O) groups excluding carboxylic acids is 2. The maximum Gasteiger partial charge on any atom is 0.242 e. The van der Waals surface area contributed by atoms with Crippen LogP contribution in [0.1, 0.15) is 42.8 Å². The molecule has 1 aromatic heterocycles. The van der Waals surface area contributed by atoms with Gasteiger partial charge in [-0.2, -0.15) is 0 Å². The molecular formula is C27H37N3O4. The van der Waals surface area contributed by atoms with Gasteiger partial charge in [0.15, 0.2) is 0 Å². The molecule has 2 aromatic rings. The zero-order valence-electron chi connectivity index (χ0n) is 20.3. The summed E-state index contributed by atoms with van der Waals surface area (Å²) in [6.45, 7) is 7.41. The van der Waals surface area contributed by atoms with E-state index in [1.165, 1.54) is 0 Å². The molecule has 0 radical (unpaired) electrons. The van der Waals surface area contributed by atoms with E-state index in [0.717, 1.165) is 75.6 Å². The summed E-state index contributed by atoms with van der Waals surface area (Å²) in [5.41, 5.74) is 1.06. The summed E-state index contributed by atoms with van der Waals surface area (Å²) in [7, 11) is 0. The van der Waals surface area contributed by atoms with Gasteiger partial charge in [-0.05, 0) is 37.5 Å². The van der Waals surface area contributed by atoms with Crippen LogP contribution in [0.15, 0.2) is 46.9 Å². The minimum atomic E-state index is -0.0498. The van der Waals surface area contributed by atoms with Crippen molar-refractivity contribution in [2.45, 2.75) is 45.7 Å². The second-order valence-electron chi connectivity index (χ2n) is 9.44. The quantitative estimate of drug-likeness (QED) is 0.535. The lowest BCUT2D eigenvalue weighted by Gasteiger charge is -2.32. The Bertz CT molecular complexity index is 917. The molecule has 0 bridgehead atoms. The van der Waals surface area contributed by atoms with Gasteiger partial charge < -0.3 is 19.0 Å². The van der Waals surface area contributed by atoms with Gasteiger partial charge in [-0.25, -0.2) is 0 Å². The number of furan rings is 1. The van der Waals surface area contributed by atoms with Gasteiger partial charge >= 0.3 is 0 Å². The number of ether oxygens (including phenoxy) is 1. The van der Waals surface area contributed by atoms with Crippen molar-refractivity contribution >= 4 is 11.8 Å². The van der Waals surface area contributed by atoms with Crippen molar-refractivity contribution in [1.29, 1.82) is 0 Å². The summed E-state index contributed by atoms with van der Waals surface area (Å²) in [6.07, 6.45) is 4.06. The van der Waals surface area contributed by atoms with Gasteiger partial charge in [0, 0.05) is 38.6 Å². The summed E-state index contributed by atoms with van der Waals surface area (Å²) < 4.78 is 11.2. The van der Waals surface area contributed by atoms with Crippen LogP contribution in [0, 0.1) is 12.8 Å². The molecule has 1 aliphatic carbocycles. The molecule has 1 saturated carbocycles. The Balaban J connectivity index is 1.46. The molecule has 34 heavy (non-hydrogen) atoms. The van der Waals surface area contributed by atoms with Crippen LogP contribution in [0.2, 0.25) is 0 Å². The van der Waals surface area contributed by atoms with Gasteiger partial charge in [0.05, 0.1) is 26.3 Å². The smallest absolute Gasteiger partial charge is 0.242 e. The minimum Gasteiger partial charge on any atom is -0.464 e. The Morgan fingerprint density at radius 3 is 2.38 bits per heavy atom. The highest BCUT2D eigenvalue weighted by atomic mass is 16.5. The standard InChI is InChI=1S/C27H37N3O4/c1-22-11-12-25(34-22)20-30(19-23-7-3-2-4-8-23)26(31)21-29(27(32)24-9-5-6-10-24)14-13-28-15-17-33-18-16-28/h2-4,7-8,11-12,24H,5-6,9-10,13-21H2,1H3. The molecule has 0 N–H and O–H groups in total. The summed E-state index contributed by atoms with van der Waals surface area (Å²) in [5.74, 6) is 1.71. The first-order valence-electron chi connectivity index (χ1n) is 12.5. The second kappa shape index (κ2) is 12.2. The number of aryl methyl sites for hydroxylation is 1. The van der Waals surface area contributed by atoms with Crippen molar-refractivity contribution in [3.05, 3.63) is 59.5 Å². The molecule has 2 aliphatic rings. The van der Waals surface area contributed by atoms with E-state index in [0.29, 0.717) is 19.6 Å². The number of carbonyl (C=O) groups is 2. The van der Waals surface area contributed by atoms with Gasteiger partial charge in [0.2, 0.25) is 11.8 Å². The van der Waals surface area contributed by atoms with Crippen molar-refractivity contribution in [3.63, 3.8) is 0 Å². The summed E-state index contributed by atoms with van der Waals surface area (Å²) in [6, 6.07) is 13.8. The Morgan fingerprint density at radius 2 is 1.71 bits per heavy atom. The molecule has 2 fully saturated rings. The molecule has 2 amide bonds. The first-order chi connectivity index (χ1) is 16.6. The fourth-order valence-electron chi connectivity index (χ4n) is 4.84. The maximum absolute atomic E-state index is 13.6. The average Bonchev–Trinajstić information content (AvgIpc) is 3.54. The Labute approximate surface area is 202 Å². The number of nitrogens with zero attached hydrogens (tertiary/aromatic N) is 3. The number of hydrogen-bond acceptors (Lipinski definition) is 5. The number of morpholine rings is 1. The lowest BCUT2D eigenvalue weighted by molar-refractivity contribution is -0.144. The van der Waals surface area contributed by atoms with Gasteiger partial charge in [-0.1, -0.05) is 43.2 Å². The fourth-order valence-corrected chi connectivity index (χ4v) is 4.84. The highest BCUT2D eigenvalue weighted by molar-refractivity contribution is 5.86. The topological polar surface area (TPSA) is 66.2 Å². The van der Waals surface area contributed by atoms with E-state index in [1.54, 1.807) is 9.80 Å². The third kappa shape index (κ3) is 6.93. The van der Waals surface area contributed by atoms with E-state index in [9.17, 15) is 9.59 Å². The van der Waals surface area contributed by atoms with Gasteiger partial charge in [-0.15, -0.1) is 0 Å². The van der Waals surface area contributed by atoms with Gasteiger partial charge in [-0.3, -0.25) is 14.5 Å². The lowest BCUT2D eigenvalue weighted by Crippen LogP contribution is -2.48. The number of benzene rings is 1. The molecule has 1 aliphatic heterocycles. The van der Waals surface area contributed by atoms with Crippen molar-refractivity contribution in [1.82, 2.24) is 14.7 Å². The predicted octanol–water partition coefficient (Wildman–Crippen LogP) is 3.47. The molecule has 7 heteroatoms. The van der Waals surface area contributed by atoms with Crippen LogP contribution in [-0.4, -0.2) is 72.5 Å². The molecule has 7 nitrogen and oxygen atoms in total. The second-order valence-corrected chi connectivity index (χ2v) is 9.44. The molecule has 0 atom stereocenters. The first kappa shape index (κ1) is 24.5. The monoisotopic (exact) mass is 467 g/mol. The minimum absolute atomic E-state index is 0.0489. The highest BCUT2D eigenvalue weighted by Gasteiger charge is 2.30. The van der Waals surface area contributed by atoms with E-state index in [-0.39, 0.29) is 24.3 Å². The largest absolute Gasteiger partial charge is 0.464 e. The number of rotatable bonds is 10. The molecule has 0 spiro atoms. The van der Waals surface area contributed by atoms with E-state index in [2.05, 4.69) is 4.90 Å². The number of amides is 2. The van der Waals surface area contributed by atoms with Crippen LogP contribution >= 0.6 is 0 Å². The van der Waals surface area contributed by atoms with E-state index in [1.807, 2.05) is 49.4 Å². The summed E-state index contributed by atoms with van der Waals surface area (Å²) in [4.78, 5) is 32.9. The van der Waals surface area contributed by atoms with Crippen LogP contribution in [0.5, 0.6) is 0 Å². The van der Waals surface area contributed by atoms with Crippen LogP contribution in [0.3, 0.4) is 0 Å². The third-order valence-electron chi connectivity index (χ3n) is 6.84. The Kier molecular flexibility index (Phi) is 8.77. The molecule has 4 rings (SSSR count). The molecular weight excluding hydrogens is 430 g/mol. The fraction of sp³-hybridized carbons (Fsp3) is 0.556. The zero-order chi connectivity index (χ0) is 23.8. The Morgan fingerprint density at radius 1 is 0.971 bits per heavy atom. The number of hydrogen-bond donors (Lipinski definition) is 0. The Hall–Kier alpha value is -2.64. The summed E-state index contributed by atoms with van der Waals surface area (Å²) >= 11 is 0. The predicted molar refractivity (Wildman–Crippen MR) is 130 cm³/mol. The van der Waals surface area contributed by atoms with Crippen LogP contribution in [-0.2, 0) is 27.4 Å². The molecule has 1 saturated heterocycles. The van der Waals surface area contributed by atoms with Crippen LogP contribution in [0.4, 0.5) is 0 Å². The van der Waals surface area contributed by atoms with Crippen molar-refractivity contribution in [2.24, 2.45) is 5.92 Å². The lowest BCUT2D eigenvalue weighted by atomic mass is 10.1. The van der Waals surface area contributed by atoms with Crippen molar-refractivity contribution in [3.8, 4) is 0 Å². The normalized spacial score (nSPS) is 17.1. The highest BCUT2D eigenvalue weighted by Crippen LogP contribution is 2.26.